The van der Waals surface area contributed by atoms with Gasteiger partial charge in [-0.3, -0.25) is 4.79 Å². The Bertz CT molecular complexity index is 324. The van der Waals surface area contributed by atoms with E-state index in [9.17, 15) is 13.2 Å². The van der Waals surface area contributed by atoms with E-state index >= 15 is 0 Å². The summed E-state index contributed by atoms with van der Waals surface area (Å²) in [6.45, 7) is 6.83. The predicted octanol–water partition coefficient (Wildman–Crippen LogP) is 0.414. The Kier molecular flexibility index (Phi) is 5.91. The number of nitrogens with zero attached hydrogens (tertiary/aromatic N) is 1. The Balaban J connectivity index is 4.70. The molecule has 0 amide bonds. The highest BCUT2D eigenvalue weighted by Gasteiger charge is 2.25. The molecular formula is C9H20N2O4S. The SMILES string of the molecule is CC(C)NS(=O)(=O)N(CCC(=O)O)C(C)C. The van der Waals surface area contributed by atoms with Crippen LogP contribution in [0.5, 0.6) is 0 Å². The lowest BCUT2D eigenvalue weighted by Gasteiger charge is -2.26. The third kappa shape index (κ3) is 5.43. The summed E-state index contributed by atoms with van der Waals surface area (Å²) in [5.41, 5.74) is 0. The molecule has 96 valence electrons. The van der Waals surface area contributed by atoms with Crippen LogP contribution in [0.2, 0.25) is 0 Å². The normalized spacial score (nSPS) is 12.7. The van der Waals surface area contributed by atoms with Crippen molar-refractivity contribution in [3.05, 3.63) is 0 Å². The van der Waals surface area contributed by atoms with Gasteiger partial charge in [-0.25, -0.2) is 0 Å². The predicted molar refractivity (Wildman–Crippen MR) is 61.3 cm³/mol. The fourth-order valence-corrected chi connectivity index (χ4v) is 2.85. The summed E-state index contributed by atoms with van der Waals surface area (Å²) in [5, 5.41) is 8.55. The van der Waals surface area contributed by atoms with Gasteiger partial charge in [-0.05, 0) is 27.7 Å². The largest absolute Gasteiger partial charge is 0.481 e. The molecule has 0 bridgehead atoms. The molecule has 0 aliphatic carbocycles. The number of hydrogen-bond donors (Lipinski definition) is 2. The van der Waals surface area contributed by atoms with E-state index in [4.69, 9.17) is 5.11 Å². The molecule has 0 rings (SSSR count). The Hall–Kier alpha value is -0.660. The molecule has 0 aliphatic rings. The maximum Gasteiger partial charge on any atom is 0.304 e. The van der Waals surface area contributed by atoms with Crippen LogP contribution in [-0.2, 0) is 15.0 Å². The van der Waals surface area contributed by atoms with Gasteiger partial charge in [0.2, 0.25) is 0 Å². The highest BCUT2D eigenvalue weighted by Crippen LogP contribution is 2.07. The molecule has 0 saturated heterocycles. The van der Waals surface area contributed by atoms with Gasteiger partial charge in [-0.1, -0.05) is 0 Å². The maximum absolute atomic E-state index is 11.8. The second kappa shape index (κ2) is 6.17. The molecule has 0 unspecified atom stereocenters. The van der Waals surface area contributed by atoms with Crippen LogP contribution in [0.3, 0.4) is 0 Å². The molecule has 0 saturated carbocycles. The van der Waals surface area contributed by atoms with E-state index < -0.39 is 16.2 Å². The lowest BCUT2D eigenvalue weighted by atomic mass is 10.3. The first-order chi connectivity index (χ1) is 7.16. The van der Waals surface area contributed by atoms with Crippen molar-refractivity contribution in [2.75, 3.05) is 6.54 Å². The van der Waals surface area contributed by atoms with Crippen LogP contribution >= 0.6 is 0 Å². The fourth-order valence-electron chi connectivity index (χ4n) is 1.23. The number of nitrogens with one attached hydrogen (secondary N) is 1. The molecule has 0 aromatic rings. The summed E-state index contributed by atoms with van der Waals surface area (Å²) in [6, 6.07) is -0.480. The smallest absolute Gasteiger partial charge is 0.304 e. The lowest BCUT2D eigenvalue weighted by Crippen LogP contribution is -2.47. The van der Waals surface area contributed by atoms with Crippen molar-refractivity contribution in [2.45, 2.75) is 46.2 Å². The van der Waals surface area contributed by atoms with Gasteiger partial charge < -0.3 is 5.11 Å². The Morgan fingerprint density at radius 2 is 1.81 bits per heavy atom. The summed E-state index contributed by atoms with van der Waals surface area (Å²) in [5.74, 6) is -1.01. The van der Waals surface area contributed by atoms with Crippen molar-refractivity contribution >= 4 is 16.2 Å². The van der Waals surface area contributed by atoms with Crippen LogP contribution in [0.1, 0.15) is 34.1 Å². The van der Waals surface area contributed by atoms with Gasteiger partial charge in [0, 0.05) is 18.6 Å². The van der Waals surface area contributed by atoms with Gasteiger partial charge in [-0.15, -0.1) is 0 Å². The van der Waals surface area contributed by atoms with Gasteiger partial charge in [0.05, 0.1) is 6.42 Å². The second-order valence-corrected chi connectivity index (χ2v) is 5.78. The first kappa shape index (κ1) is 15.3. The van der Waals surface area contributed by atoms with Crippen LogP contribution in [0, 0.1) is 0 Å². The summed E-state index contributed by atoms with van der Waals surface area (Å²) in [7, 11) is -3.60. The lowest BCUT2D eigenvalue weighted by molar-refractivity contribution is -0.137. The van der Waals surface area contributed by atoms with E-state index in [1.807, 2.05) is 0 Å². The zero-order valence-corrected chi connectivity index (χ0v) is 10.9. The van der Waals surface area contributed by atoms with Gasteiger partial charge in [0.15, 0.2) is 0 Å². The molecule has 2 N–H and O–H groups in total. The van der Waals surface area contributed by atoms with E-state index in [1.165, 1.54) is 0 Å². The van der Waals surface area contributed by atoms with E-state index in [1.54, 1.807) is 27.7 Å². The summed E-state index contributed by atoms with van der Waals surface area (Å²) >= 11 is 0. The zero-order valence-electron chi connectivity index (χ0n) is 10.1. The average Bonchev–Trinajstić information content (AvgIpc) is 1.98. The molecular weight excluding hydrogens is 232 g/mol. The van der Waals surface area contributed by atoms with Gasteiger partial charge in [0.1, 0.15) is 0 Å². The standard InChI is InChI=1S/C9H20N2O4S/c1-7(2)10-16(14,15)11(8(3)4)6-5-9(12)13/h7-8,10H,5-6H2,1-4H3,(H,12,13). The second-order valence-electron chi connectivity index (χ2n) is 4.13. The molecule has 0 aliphatic heterocycles. The van der Waals surface area contributed by atoms with Gasteiger partial charge in [-0.2, -0.15) is 17.4 Å². The highest BCUT2D eigenvalue weighted by molar-refractivity contribution is 7.87. The average molecular weight is 252 g/mol. The Morgan fingerprint density at radius 3 is 2.12 bits per heavy atom. The minimum atomic E-state index is -3.60. The van der Waals surface area contributed by atoms with Gasteiger partial charge in [0.25, 0.3) is 10.2 Å². The molecule has 16 heavy (non-hydrogen) atoms. The van der Waals surface area contributed by atoms with Crippen LogP contribution in [0.15, 0.2) is 0 Å². The number of hydrogen-bond acceptors (Lipinski definition) is 3. The van der Waals surface area contributed by atoms with Crippen molar-refractivity contribution in [3.8, 4) is 0 Å². The van der Waals surface area contributed by atoms with Crippen molar-refractivity contribution in [1.29, 1.82) is 0 Å². The van der Waals surface area contributed by atoms with Crippen LogP contribution in [0.25, 0.3) is 0 Å². The molecule has 0 heterocycles. The molecule has 0 aromatic carbocycles. The van der Waals surface area contributed by atoms with Crippen LogP contribution in [-0.4, -0.2) is 42.4 Å². The number of rotatable bonds is 7. The molecule has 0 atom stereocenters. The van der Waals surface area contributed by atoms with E-state index in [0.717, 1.165) is 4.31 Å². The molecule has 0 aromatic heterocycles. The number of aliphatic carboxylic acids is 1. The third-order valence-corrected chi connectivity index (χ3v) is 3.81. The fraction of sp³-hybridized carbons (Fsp3) is 0.889. The highest BCUT2D eigenvalue weighted by atomic mass is 32.2. The monoisotopic (exact) mass is 252 g/mol. The summed E-state index contributed by atoms with van der Waals surface area (Å²) in [4.78, 5) is 10.4. The Labute approximate surface area is 96.8 Å². The zero-order chi connectivity index (χ0) is 12.9. The van der Waals surface area contributed by atoms with Crippen molar-refractivity contribution in [1.82, 2.24) is 9.03 Å². The number of carboxylic acids is 1. The molecule has 6 nitrogen and oxygen atoms in total. The molecule has 0 fully saturated rings. The first-order valence-electron chi connectivity index (χ1n) is 5.17. The third-order valence-electron chi connectivity index (χ3n) is 1.82. The number of carboxylic acid groups (broad SMARTS) is 1. The maximum atomic E-state index is 11.8. The van der Waals surface area contributed by atoms with Gasteiger partial charge >= 0.3 is 5.97 Å². The molecule has 0 spiro atoms. The number of carbonyl (C=O) groups is 1. The van der Waals surface area contributed by atoms with Crippen molar-refractivity contribution < 1.29 is 18.3 Å². The Morgan fingerprint density at radius 1 is 1.31 bits per heavy atom. The van der Waals surface area contributed by atoms with E-state index in [0.29, 0.717) is 0 Å². The summed E-state index contributed by atoms with van der Waals surface area (Å²) in [6.07, 6.45) is -0.197. The van der Waals surface area contributed by atoms with Crippen LogP contribution in [0.4, 0.5) is 0 Å². The van der Waals surface area contributed by atoms with E-state index in [2.05, 4.69) is 4.72 Å². The minimum Gasteiger partial charge on any atom is -0.481 e. The van der Waals surface area contributed by atoms with Crippen molar-refractivity contribution in [3.63, 3.8) is 0 Å². The van der Waals surface area contributed by atoms with Crippen molar-refractivity contribution in [2.24, 2.45) is 0 Å². The minimum absolute atomic E-state index is 0.0188. The quantitative estimate of drug-likeness (QED) is 0.687. The first-order valence-corrected chi connectivity index (χ1v) is 6.61. The topological polar surface area (TPSA) is 86.7 Å². The van der Waals surface area contributed by atoms with Crippen LogP contribution < -0.4 is 4.72 Å². The summed E-state index contributed by atoms with van der Waals surface area (Å²) < 4.78 is 27.2. The molecule has 7 heteroatoms. The molecule has 0 radical (unpaired) electrons. The van der Waals surface area contributed by atoms with E-state index in [-0.39, 0.29) is 25.0 Å².